The number of fused-ring (bicyclic) bond motifs is 1. The first kappa shape index (κ1) is 18.3. The molecule has 4 rings (SSSR count). The normalized spacial score (nSPS) is 15.6. The van der Waals surface area contributed by atoms with Crippen LogP contribution in [0, 0.1) is 0 Å². The van der Waals surface area contributed by atoms with Gasteiger partial charge in [0.25, 0.3) is 0 Å². The van der Waals surface area contributed by atoms with Crippen LogP contribution in [0.2, 0.25) is 0 Å². The zero-order chi connectivity index (χ0) is 19.5. The molecule has 2 aromatic rings. The van der Waals surface area contributed by atoms with Crippen LogP contribution in [-0.2, 0) is 11.2 Å². The predicted molar refractivity (Wildman–Crippen MR) is 106 cm³/mol. The molecule has 1 saturated heterocycles. The zero-order valence-corrected chi connectivity index (χ0v) is 16.0. The predicted octanol–water partition coefficient (Wildman–Crippen LogP) is 2.90. The summed E-state index contributed by atoms with van der Waals surface area (Å²) in [7, 11) is 0. The molecular formula is C22H24N2O4. The second-order valence-corrected chi connectivity index (χ2v) is 7.16. The third-order valence-electron chi connectivity index (χ3n) is 5.34. The Morgan fingerprint density at radius 2 is 1.64 bits per heavy atom. The molecule has 2 aliphatic heterocycles. The fourth-order valence-electron chi connectivity index (χ4n) is 3.63. The zero-order valence-electron chi connectivity index (χ0n) is 16.0. The second-order valence-electron chi connectivity index (χ2n) is 7.16. The first-order valence-electron chi connectivity index (χ1n) is 9.62. The van der Waals surface area contributed by atoms with Gasteiger partial charge in [-0.3, -0.25) is 9.59 Å². The van der Waals surface area contributed by atoms with E-state index in [4.69, 9.17) is 9.47 Å². The quantitative estimate of drug-likeness (QED) is 0.747. The maximum atomic E-state index is 12.6. The van der Waals surface area contributed by atoms with Crippen molar-refractivity contribution in [3.05, 3.63) is 53.6 Å². The van der Waals surface area contributed by atoms with E-state index >= 15 is 0 Å². The largest absolute Gasteiger partial charge is 0.454 e. The molecule has 0 spiro atoms. The van der Waals surface area contributed by atoms with E-state index in [-0.39, 0.29) is 18.5 Å². The Kier molecular flexibility index (Phi) is 5.19. The Hall–Kier alpha value is -3.02. The smallest absolute Gasteiger partial charge is 0.231 e. The first-order valence-corrected chi connectivity index (χ1v) is 9.62. The Labute approximate surface area is 164 Å². The number of benzene rings is 2. The number of anilines is 1. The van der Waals surface area contributed by atoms with E-state index in [1.807, 2.05) is 47.4 Å². The van der Waals surface area contributed by atoms with Crippen molar-refractivity contribution in [1.82, 2.24) is 4.90 Å². The summed E-state index contributed by atoms with van der Waals surface area (Å²) in [6.45, 7) is 4.87. The van der Waals surface area contributed by atoms with Gasteiger partial charge >= 0.3 is 0 Å². The molecule has 0 unspecified atom stereocenters. The molecule has 1 amide bonds. The van der Waals surface area contributed by atoms with Crippen LogP contribution in [0.3, 0.4) is 0 Å². The summed E-state index contributed by atoms with van der Waals surface area (Å²) in [4.78, 5) is 28.2. The van der Waals surface area contributed by atoms with E-state index < -0.39 is 0 Å². The number of nitrogens with zero attached hydrogens (tertiary/aromatic N) is 2. The van der Waals surface area contributed by atoms with Gasteiger partial charge in [0.05, 0.1) is 0 Å². The molecule has 0 saturated carbocycles. The van der Waals surface area contributed by atoms with Gasteiger partial charge < -0.3 is 19.3 Å². The average Bonchev–Trinajstić information content (AvgIpc) is 3.20. The van der Waals surface area contributed by atoms with Crippen LogP contribution in [0.15, 0.2) is 42.5 Å². The number of piperazine rings is 1. The van der Waals surface area contributed by atoms with Gasteiger partial charge in [0.15, 0.2) is 17.3 Å². The van der Waals surface area contributed by atoms with Crippen molar-refractivity contribution >= 4 is 17.4 Å². The van der Waals surface area contributed by atoms with Gasteiger partial charge in [-0.05, 0) is 55.3 Å². The van der Waals surface area contributed by atoms with Crippen LogP contribution < -0.4 is 14.4 Å². The molecule has 1 fully saturated rings. The molecule has 6 nitrogen and oxygen atoms in total. The number of carbonyl (C=O) groups is 2. The summed E-state index contributed by atoms with van der Waals surface area (Å²) in [5, 5.41) is 0. The molecule has 6 heteroatoms. The van der Waals surface area contributed by atoms with Gasteiger partial charge in [-0.25, -0.2) is 0 Å². The number of ether oxygens (including phenoxy) is 2. The van der Waals surface area contributed by atoms with Crippen molar-refractivity contribution in [3.63, 3.8) is 0 Å². The van der Waals surface area contributed by atoms with Crippen molar-refractivity contribution in [1.29, 1.82) is 0 Å². The van der Waals surface area contributed by atoms with Gasteiger partial charge in [-0.1, -0.05) is 6.07 Å². The summed E-state index contributed by atoms with van der Waals surface area (Å²) in [5.41, 5.74) is 2.90. The number of aryl methyl sites for hydroxylation is 1. The van der Waals surface area contributed by atoms with Crippen molar-refractivity contribution in [3.8, 4) is 11.5 Å². The lowest BCUT2D eigenvalue weighted by molar-refractivity contribution is -0.131. The second kappa shape index (κ2) is 7.92. The van der Waals surface area contributed by atoms with Crippen molar-refractivity contribution in [2.24, 2.45) is 0 Å². The number of carbonyl (C=O) groups excluding carboxylic acids is 2. The molecule has 2 aliphatic rings. The van der Waals surface area contributed by atoms with Gasteiger partial charge in [-0.2, -0.15) is 0 Å². The average molecular weight is 380 g/mol. The molecule has 2 aromatic carbocycles. The molecule has 28 heavy (non-hydrogen) atoms. The van der Waals surface area contributed by atoms with Crippen molar-refractivity contribution in [2.45, 2.75) is 19.8 Å². The topological polar surface area (TPSA) is 59.1 Å². The number of ketones is 1. The summed E-state index contributed by atoms with van der Waals surface area (Å²) in [6.07, 6.45) is 1.19. The Morgan fingerprint density at radius 1 is 0.929 bits per heavy atom. The minimum absolute atomic E-state index is 0.0735. The number of amides is 1. The molecule has 0 radical (unpaired) electrons. The van der Waals surface area contributed by atoms with E-state index in [2.05, 4.69) is 4.90 Å². The van der Waals surface area contributed by atoms with Gasteiger partial charge in [0, 0.05) is 43.9 Å². The van der Waals surface area contributed by atoms with Crippen LogP contribution in [0.4, 0.5) is 5.69 Å². The highest BCUT2D eigenvalue weighted by atomic mass is 16.7. The van der Waals surface area contributed by atoms with E-state index in [1.54, 1.807) is 6.92 Å². The SMILES string of the molecule is CC(=O)c1ccc(N2CCN(C(=O)CCc3ccc4c(c3)OCO4)CC2)cc1. The first-order chi connectivity index (χ1) is 13.6. The molecule has 0 bridgehead atoms. The molecule has 0 N–H and O–H groups in total. The number of rotatable bonds is 5. The van der Waals surface area contributed by atoms with Gasteiger partial charge in [0.2, 0.25) is 12.7 Å². The van der Waals surface area contributed by atoms with Crippen LogP contribution in [0.5, 0.6) is 11.5 Å². The lowest BCUT2D eigenvalue weighted by Gasteiger charge is -2.36. The van der Waals surface area contributed by atoms with Crippen LogP contribution in [0.25, 0.3) is 0 Å². The molecular weight excluding hydrogens is 356 g/mol. The molecule has 0 aromatic heterocycles. The molecule has 2 heterocycles. The molecule has 0 atom stereocenters. The summed E-state index contributed by atoms with van der Waals surface area (Å²) < 4.78 is 10.7. The highest BCUT2D eigenvalue weighted by Crippen LogP contribution is 2.32. The van der Waals surface area contributed by atoms with Crippen LogP contribution in [0.1, 0.15) is 29.3 Å². The van der Waals surface area contributed by atoms with E-state index in [1.165, 1.54) is 0 Å². The van der Waals surface area contributed by atoms with Gasteiger partial charge in [0.1, 0.15) is 0 Å². The maximum Gasteiger partial charge on any atom is 0.231 e. The van der Waals surface area contributed by atoms with E-state index in [0.717, 1.165) is 41.4 Å². The highest BCUT2D eigenvalue weighted by molar-refractivity contribution is 5.94. The standard InChI is InChI=1S/C22H24N2O4/c1-16(25)18-4-6-19(7-5-18)23-10-12-24(13-11-23)22(26)9-3-17-2-8-20-21(14-17)28-15-27-20/h2,4-8,14H,3,9-13,15H2,1H3. The van der Waals surface area contributed by atoms with Crippen LogP contribution >= 0.6 is 0 Å². The molecule has 0 aliphatic carbocycles. The molecule has 146 valence electrons. The summed E-state index contributed by atoms with van der Waals surface area (Å²) in [5.74, 6) is 1.78. The van der Waals surface area contributed by atoms with E-state index in [9.17, 15) is 9.59 Å². The minimum Gasteiger partial charge on any atom is -0.454 e. The fourth-order valence-corrected chi connectivity index (χ4v) is 3.63. The summed E-state index contributed by atoms with van der Waals surface area (Å²) in [6, 6.07) is 13.5. The lowest BCUT2D eigenvalue weighted by atomic mass is 10.1. The number of hydrogen-bond acceptors (Lipinski definition) is 5. The van der Waals surface area contributed by atoms with Gasteiger partial charge in [-0.15, -0.1) is 0 Å². The highest BCUT2D eigenvalue weighted by Gasteiger charge is 2.21. The third kappa shape index (κ3) is 3.96. The number of Topliss-reactive ketones (excluding diaryl/α,β-unsaturated/α-hetero) is 1. The summed E-state index contributed by atoms with van der Waals surface area (Å²) >= 11 is 0. The number of hydrogen-bond donors (Lipinski definition) is 0. The van der Waals surface area contributed by atoms with Crippen molar-refractivity contribution in [2.75, 3.05) is 37.9 Å². The van der Waals surface area contributed by atoms with Crippen molar-refractivity contribution < 1.29 is 19.1 Å². The Morgan fingerprint density at radius 3 is 2.36 bits per heavy atom. The van der Waals surface area contributed by atoms with Crippen LogP contribution in [-0.4, -0.2) is 49.6 Å². The Balaban J connectivity index is 1.27. The fraction of sp³-hybridized carbons (Fsp3) is 0.364. The van der Waals surface area contributed by atoms with E-state index in [0.29, 0.717) is 25.9 Å². The Bertz CT molecular complexity index is 871. The lowest BCUT2D eigenvalue weighted by Crippen LogP contribution is -2.48. The monoisotopic (exact) mass is 380 g/mol. The third-order valence-corrected chi connectivity index (χ3v) is 5.34. The maximum absolute atomic E-state index is 12.6. The minimum atomic E-state index is 0.0735.